The molecule has 28 heavy (non-hydrogen) atoms. The largest absolute Gasteiger partial charge is 0.508 e. The number of amides is 3. The normalized spacial score (nSPS) is 18.8. The highest BCUT2D eigenvalue weighted by Crippen LogP contribution is 2.37. The molecule has 1 aliphatic rings. The molecule has 0 spiro atoms. The minimum Gasteiger partial charge on any atom is -0.508 e. The molecule has 0 radical (unpaired) electrons. The number of carbonyl (C=O) groups excluding carboxylic acids is 2. The Morgan fingerprint density at radius 1 is 1.46 bits per heavy atom. The summed E-state index contributed by atoms with van der Waals surface area (Å²) in [4.78, 5) is 33.7. The maximum atomic E-state index is 12.5. The number of benzene rings is 1. The van der Waals surface area contributed by atoms with Gasteiger partial charge >= 0.3 is 6.03 Å². The Labute approximate surface area is 170 Å². The van der Waals surface area contributed by atoms with Crippen molar-refractivity contribution in [2.75, 3.05) is 11.9 Å². The van der Waals surface area contributed by atoms with Gasteiger partial charge < -0.3 is 15.7 Å². The predicted molar refractivity (Wildman–Crippen MR) is 113 cm³/mol. The summed E-state index contributed by atoms with van der Waals surface area (Å²) in [6, 6.07) is 4.60. The van der Waals surface area contributed by atoms with Gasteiger partial charge in [0.15, 0.2) is 10.3 Å². The van der Waals surface area contributed by atoms with E-state index < -0.39 is 0 Å². The van der Waals surface area contributed by atoms with E-state index in [1.807, 2.05) is 20.8 Å². The summed E-state index contributed by atoms with van der Waals surface area (Å²) < 4.78 is 0. The molecule has 2 unspecified atom stereocenters. The minimum atomic E-state index is -0.339. The lowest BCUT2D eigenvalue weighted by atomic mass is 10.1. The molecule has 1 aromatic heterocycles. The number of rotatable bonds is 5. The maximum Gasteiger partial charge on any atom is 0.321 e. The maximum absolute atomic E-state index is 12.5. The number of nitrogens with one attached hydrogen (secondary N) is 3. The lowest BCUT2D eigenvalue weighted by Crippen LogP contribution is -2.28. The van der Waals surface area contributed by atoms with Crippen LogP contribution in [0.5, 0.6) is 5.75 Å². The fourth-order valence-electron chi connectivity index (χ4n) is 2.64. The van der Waals surface area contributed by atoms with Gasteiger partial charge in [-0.1, -0.05) is 18.7 Å². The highest BCUT2D eigenvalue weighted by molar-refractivity contribution is 8.15. The monoisotopic (exact) mass is 419 g/mol. The van der Waals surface area contributed by atoms with Crippen molar-refractivity contribution < 1.29 is 14.7 Å². The number of aliphatic imine (C=N–C) groups is 1. The number of hydrogen-bond acceptors (Lipinski definition) is 7. The van der Waals surface area contributed by atoms with Gasteiger partial charge in [0.2, 0.25) is 5.91 Å². The molecule has 148 valence electrons. The Morgan fingerprint density at radius 3 is 2.96 bits per heavy atom. The predicted octanol–water partition coefficient (Wildman–Crippen LogP) is 3.32. The Bertz CT molecular complexity index is 928. The van der Waals surface area contributed by atoms with Gasteiger partial charge in [0.05, 0.1) is 10.9 Å². The Kier molecular flexibility index (Phi) is 6.20. The van der Waals surface area contributed by atoms with Crippen LogP contribution in [-0.2, 0) is 4.79 Å². The molecule has 0 saturated carbocycles. The van der Waals surface area contributed by atoms with Gasteiger partial charge in [-0.05, 0) is 37.6 Å². The van der Waals surface area contributed by atoms with Gasteiger partial charge in [0.25, 0.3) is 0 Å². The molecule has 0 aliphatic carbocycles. The molecule has 2 aromatic rings. The number of thioether (sulfide) groups is 1. The summed E-state index contributed by atoms with van der Waals surface area (Å²) in [5.41, 5.74) is 1.52. The van der Waals surface area contributed by atoms with Gasteiger partial charge in [-0.2, -0.15) is 0 Å². The summed E-state index contributed by atoms with van der Waals surface area (Å²) in [6.45, 7) is 6.17. The van der Waals surface area contributed by atoms with Crippen LogP contribution >= 0.6 is 23.1 Å². The van der Waals surface area contributed by atoms with E-state index in [2.05, 4.69) is 25.9 Å². The quantitative estimate of drug-likeness (QED) is 0.593. The van der Waals surface area contributed by atoms with E-state index in [4.69, 9.17) is 0 Å². The molecule has 2 atom stereocenters. The zero-order valence-corrected chi connectivity index (χ0v) is 17.3. The number of phenols is 1. The molecule has 3 amide bonds. The third-order valence-electron chi connectivity index (χ3n) is 4.11. The van der Waals surface area contributed by atoms with Crippen molar-refractivity contribution in [2.24, 2.45) is 4.99 Å². The first-order chi connectivity index (χ1) is 13.4. The van der Waals surface area contributed by atoms with Crippen molar-refractivity contribution in [3.63, 3.8) is 0 Å². The zero-order valence-electron chi connectivity index (χ0n) is 15.6. The molecule has 2 heterocycles. The topological polar surface area (TPSA) is 116 Å². The average molecular weight is 420 g/mol. The number of nitrogens with zero attached hydrogens (tertiary/aromatic N) is 2. The van der Waals surface area contributed by atoms with E-state index in [9.17, 15) is 14.7 Å². The molecule has 0 bridgehead atoms. The summed E-state index contributed by atoms with van der Waals surface area (Å²) in [6.07, 6.45) is 1.68. The van der Waals surface area contributed by atoms with Crippen LogP contribution in [-0.4, -0.2) is 39.0 Å². The molecule has 1 fully saturated rings. The number of aromatic hydroxyl groups is 1. The van der Waals surface area contributed by atoms with Gasteiger partial charge in [-0.15, -0.1) is 11.3 Å². The standard InChI is InChI=1S/C18H21N5O3S2/c1-4-19-16(26)23-17-20-8-13(27-17)10(3)14-15(25)22-18(28-14)21-12-6-5-11(24)7-9(12)2/h5-8,10,14,24H,4H2,1-3H3,(H,21,22,25)(H2,19,20,23,26). The highest BCUT2D eigenvalue weighted by atomic mass is 32.2. The molecule has 10 heteroatoms. The summed E-state index contributed by atoms with van der Waals surface area (Å²) in [5, 5.41) is 18.3. The number of phenolic OH excluding ortho intramolecular Hbond substituents is 1. The molecular weight excluding hydrogens is 398 g/mol. The lowest BCUT2D eigenvalue weighted by Gasteiger charge is -2.12. The number of urea groups is 1. The van der Waals surface area contributed by atoms with Crippen LogP contribution in [0, 0.1) is 6.92 Å². The molecule has 3 rings (SSSR count). The van der Waals surface area contributed by atoms with Crippen LogP contribution in [0.25, 0.3) is 0 Å². The van der Waals surface area contributed by atoms with E-state index in [0.717, 1.165) is 10.4 Å². The second-order valence-corrected chi connectivity index (χ2v) is 8.45. The third kappa shape index (κ3) is 4.63. The number of hydrogen-bond donors (Lipinski definition) is 4. The first-order valence-electron chi connectivity index (χ1n) is 8.73. The number of aryl methyl sites for hydroxylation is 1. The van der Waals surface area contributed by atoms with E-state index in [1.54, 1.807) is 24.4 Å². The Morgan fingerprint density at radius 2 is 2.25 bits per heavy atom. The van der Waals surface area contributed by atoms with Crippen LogP contribution in [0.4, 0.5) is 15.6 Å². The Balaban J connectivity index is 1.70. The van der Waals surface area contributed by atoms with Crippen molar-refractivity contribution in [2.45, 2.75) is 31.9 Å². The van der Waals surface area contributed by atoms with Crippen LogP contribution < -0.4 is 16.0 Å². The zero-order chi connectivity index (χ0) is 20.3. The summed E-state index contributed by atoms with van der Waals surface area (Å²) >= 11 is 2.72. The lowest BCUT2D eigenvalue weighted by molar-refractivity contribution is -0.119. The van der Waals surface area contributed by atoms with Crippen molar-refractivity contribution in [3.05, 3.63) is 34.8 Å². The van der Waals surface area contributed by atoms with E-state index >= 15 is 0 Å². The third-order valence-corrected chi connectivity index (χ3v) is 6.52. The van der Waals surface area contributed by atoms with Crippen molar-refractivity contribution in [1.82, 2.24) is 15.6 Å². The second kappa shape index (κ2) is 8.61. The number of thiazole rings is 1. The van der Waals surface area contributed by atoms with Crippen molar-refractivity contribution in [3.8, 4) is 5.75 Å². The minimum absolute atomic E-state index is 0.0964. The fourth-order valence-corrected chi connectivity index (χ4v) is 4.70. The SMILES string of the molecule is CCNC(=O)Nc1ncc(C(C)C2SC(=Nc3ccc(O)cc3C)NC2=O)s1. The molecule has 1 aliphatic heterocycles. The number of anilines is 1. The van der Waals surface area contributed by atoms with Crippen molar-refractivity contribution in [1.29, 1.82) is 0 Å². The van der Waals surface area contributed by atoms with Crippen molar-refractivity contribution >= 4 is 51.0 Å². The second-order valence-electron chi connectivity index (χ2n) is 6.26. The van der Waals surface area contributed by atoms with Gasteiger partial charge in [-0.25, -0.2) is 14.8 Å². The Hall–Kier alpha value is -2.59. The molecule has 1 saturated heterocycles. The van der Waals surface area contributed by atoms with E-state index in [1.165, 1.54) is 23.1 Å². The smallest absolute Gasteiger partial charge is 0.321 e. The van der Waals surface area contributed by atoms with Gasteiger partial charge in [0.1, 0.15) is 5.75 Å². The first-order valence-corrected chi connectivity index (χ1v) is 10.4. The molecule has 4 N–H and O–H groups in total. The first kappa shape index (κ1) is 20.2. The van der Waals surface area contributed by atoms with Crippen LogP contribution in [0.3, 0.4) is 0 Å². The fraction of sp³-hybridized carbons (Fsp3) is 0.333. The van der Waals surface area contributed by atoms with E-state index in [0.29, 0.717) is 22.5 Å². The van der Waals surface area contributed by atoms with Crippen LogP contribution in [0.1, 0.15) is 30.2 Å². The molecule has 8 nitrogen and oxygen atoms in total. The summed E-state index contributed by atoms with van der Waals surface area (Å²) in [7, 11) is 0. The number of amidine groups is 1. The highest BCUT2D eigenvalue weighted by Gasteiger charge is 2.36. The molecule has 1 aromatic carbocycles. The molecular formula is C18H21N5O3S2. The van der Waals surface area contributed by atoms with Gasteiger partial charge in [-0.3, -0.25) is 10.1 Å². The number of carbonyl (C=O) groups is 2. The number of aromatic nitrogens is 1. The van der Waals surface area contributed by atoms with Crippen LogP contribution in [0.15, 0.2) is 29.4 Å². The van der Waals surface area contributed by atoms with Gasteiger partial charge in [0, 0.05) is 23.5 Å². The summed E-state index contributed by atoms with van der Waals surface area (Å²) in [5.74, 6) is -0.0292. The average Bonchev–Trinajstić information content (AvgIpc) is 3.23. The van der Waals surface area contributed by atoms with Crippen LogP contribution in [0.2, 0.25) is 0 Å². The van der Waals surface area contributed by atoms with E-state index in [-0.39, 0.29) is 28.9 Å².